The number of hydrogen-bond acceptors (Lipinski definition) is 3. The zero-order chi connectivity index (χ0) is 15.9. The van der Waals surface area contributed by atoms with Crippen LogP contribution in [0.3, 0.4) is 0 Å². The van der Waals surface area contributed by atoms with E-state index in [1.165, 1.54) is 6.07 Å². The van der Waals surface area contributed by atoms with Crippen LogP contribution in [0, 0.1) is 13.8 Å². The first-order valence-electron chi connectivity index (χ1n) is 6.59. The van der Waals surface area contributed by atoms with Gasteiger partial charge in [0, 0.05) is 10.4 Å². The van der Waals surface area contributed by atoms with Crippen molar-refractivity contribution in [3.05, 3.63) is 52.7 Å². The summed E-state index contributed by atoms with van der Waals surface area (Å²) in [6, 6.07) is 8.41. The van der Waals surface area contributed by atoms with Crippen molar-refractivity contribution in [1.82, 2.24) is 10.2 Å². The first kappa shape index (κ1) is 14.9. The van der Waals surface area contributed by atoms with Crippen LogP contribution >= 0.6 is 11.6 Å². The van der Waals surface area contributed by atoms with Gasteiger partial charge in [-0.3, -0.25) is 9.82 Å². The van der Waals surface area contributed by atoms with Gasteiger partial charge in [0.2, 0.25) is 0 Å². The van der Waals surface area contributed by atoms with Crippen molar-refractivity contribution in [3.63, 3.8) is 0 Å². The Bertz CT molecular complexity index is 964. The molecule has 0 atom stereocenters. The number of aromatic amines is 1. The smallest absolute Gasteiger partial charge is 0.262 e. The fraction of sp³-hybridized carbons (Fsp3) is 0.133. The van der Waals surface area contributed by atoms with Gasteiger partial charge in [0.05, 0.1) is 22.3 Å². The highest BCUT2D eigenvalue weighted by atomic mass is 35.5. The van der Waals surface area contributed by atoms with E-state index in [9.17, 15) is 8.42 Å². The summed E-state index contributed by atoms with van der Waals surface area (Å²) < 4.78 is 27.8. The van der Waals surface area contributed by atoms with Crippen molar-refractivity contribution in [2.24, 2.45) is 0 Å². The summed E-state index contributed by atoms with van der Waals surface area (Å²) in [5.74, 6) is 0. The number of benzene rings is 2. The van der Waals surface area contributed by atoms with E-state index >= 15 is 0 Å². The van der Waals surface area contributed by atoms with Gasteiger partial charge >= 0.3 is 0 Å². The SMILES string of the molecule is Cc1cc2[nH]ncc2cc1NS(=O)(=O)c1cc(Cl)ccc1C. The number of H-pyrrole nitrogens is 1. The molecule has 1 aromatic heterocycles. The van der Waals surface area contributed by atoms with Crippen LogP contribution in [0.5, 0.6) is 0 Å². The highest BCUT2D eigenvalue weighted by Crippen LogP contribution is 2.27. The number of nitrogens with zero attached hydrogens (tertiary/aromatic N) is 1. The molecule has 1 heterocycles. The first-order valence-corrected chi connectivity index (χ1v) is 8.45. The van der Waals surface area contributed by atoms with Crippen LogP contribution in [-0.4, -0.2) is 18.6 Å². The largest absolute Gasteiger partial charge is 0.279 e. The van der Waals surface area contributed by atoms with Gasteiger partial charge in [0.1, 0.15) is 0 Å². The molecule has 3 rings (SSSR count). The third-order valence-electron chi connectivity index (χ3n) is 3.47. The minimum absolute atomic E-state index is 0.173. The number of nitrogens with one attached hydrogen (secondary N) is 2. The molecule has 0 spiro atoms. The molecule has 0 amide bonds. The lowest BCUT2D eigenvalue weighted by molar-refractivity contribution is 0.600. The zero-order valence-electron chi connectivity index (χ0n) is 12.0. The number of fused-ring (bicyclic) bond motifs is 1. The summed E-state index contributed by atoms with van der Waals surface area (Å²) in [6.45, 7) is 3.57. The Morgan fingerprint density at radius 1 is 1.14 bits per heavy atom. The molecule has 0 aliphatic rings. The Hall–Kier alpha value is -2.05. The number of anilines is 1. The number of halogens is 1. The van der Waals surface area contributed by atoms with Crippen molar-refractivity contribution in [2.75, 3.05) is 4.72 Å². The number of sulfonamides is 1. The van der Waals surface area contributed by atoms with Crippen LogP contribution in [0.1, 0.15) is 11.1 Å². The van der Waals surface area contributed by atoms with E-state index in [0.717, 1.165) is 16.5 Å². The molecule has 7 heteroatoms. The normalized spacial score (nSPS) is 11.8. The van der Waals surface area contributed by atoms with Crippen LogP contribution in [-0.2, 0) is 10.0 Å². The molecule has 3 aromatic rings. The van der Waals surface area contributed by atoms with Crippen molar-refractivity contribution in [3.8, 4) is 0 Å². The fourth-order valence-corrected chi connectivity index (χ4v) is 3.90. The van der Waals surface area contributed by atoms with Gasteiger partial charge in [-0.2, -0.15) is 5.10 Å². The lowest BCUT2D eigenvalue weighted by Gasteiger charge is -2.13. The lowest BCUT2D eigenvalue weighted by Crippen LogP contribution is -2.15. The predicted molar refractivity (Wildman–Crippen MR) is 87.8 cm³/mol. The van der Waals surface area contributed by atoms with Gasteiger partial charge in [-0.1, -0.05) is 17.7 Å². The molecule has 0 bridgehead atoms. The van der Waals surface area contributed by atoms with E-state index in [0.29, 0.717) is 16.3 Å². The standard InChI is InChI=1S/C15H14ClN3O2S/c1-9-3-4-12(16)7-15(9)22(20,21)19-13-6-11-8-17-18-14(11)5-10(13)2/h3-8,19H,1-2H3,(H,17,18). The van der Waals surface area contributed by atoms with Crippen molar-refractivity contribution >= 4 is 38.2 Å². The molecule has 0 fully saturated rings. The minimum Gasteiger partial charge on any atom is -0.279 e. The maximum Gasteiger partial charge on any atom is 0.262 e. The lowest BCUT2D eigenvalue weighted by atomic mass is 10.1. The van der Waals surface area contributed by atoms with Gasteiger partial charge in [-0.25, -0.2) is 8.42 Å². The van der Waals surface area contributed by atoms with Gasteiger partial charge in [-0.15, -0.1) is 0 Å². The predicted octanol–water partition coefficient (Wildman–Crippen LogP) is 3.63. The number of aromatic nitrogens is 2. The molecule has 0 aliphatic carbocycles. The van der Waals surface area contributed by atoms with Gasteiger partial charge in [0.15, 0.2) is 0 Å². The van der Waals surface area contributed by atoms with Crippen molar-refractivity contribution in [2.45, 2.75) is 18.7 Å². The topological polar surface area (TPSA) is 74.8 Å². The van der Waals surface area contributed by atoms with E-state index in [1.54, 1.807) is 31.3 Å². The Morgan fingerprint density at radius 2 is 1.91 bits per heavy atom. The molecular formula is C15H14ClN3O2S. The van der Waals surface area contributed by atoms with E-state index in [4.69, 9.17) is 11.6 Å². The van der Waals surface area contributed by atoms with Crippen LogP contribution in [0.25, 0.3) is 10.9 Å². The summed E-state index contributed by atoms with van der Waals surface area (Å²) >= 11 is 5.92. The Kier molecular flexibility index (Phi) is 3.58. The second-order valence-electron chi connectivity index (χ2n) is 5.14. The van der Waals surface area contributed by atoms with Crippen molar-refractivity contribution in [1.29, 1.82) is 0 Å². The third kappa shape index (κ3) is 2.67. The van der Waals surface area contributed by atoms with Crippen LogP contribution in [0.4, 0.5) is 5.69 Å². The maximum absolute atomic E-state index is 12.6. The van der Waals surface area contributed by atoms with Gasteiger partial charge in [-0.05, 0) is 49.2 Å². The zero-order valence-corrected chi connectivity index (χ0v) is 13.6. The number of hydrogen-bond donors (Lipinski definition) is 2. The van der Waals surface area contributed by atoms with Crippen LogP contribution in [0.15, 0.2) is 41.4 Å². The number of aryl methyl sites for hydroxylation is 2. The summed E-state index contributed by atoms with van der Waals surface area (Å²) in [4.78, 5) is 0.173. The molecular weight excluding hydrogens is 322 g/mol. The average molecular weight is 336 g/mol. The fourth-order valence-electron chi connectivity index (χ4n) is 2.27. The monoisotopic (exact) mass is 335 g/mol. The van der Waals surface area contributed by atoms with E-state index < -0.39 is 10.0 Å². The second-order valence-corrected chi connectivity index (χ2v) is 7.23. The minimum atomic E-state index is -3.71. The Balaban J connectivity index is 2.06. The third-order valence-corrected chi connectivity index (χ3v) is 5.21. The molecule has 2 N–H and O–H groups in total. The average Bonchev–Trinajstić information content (AvgIpc) is 2.88. The molecule has 5 nitrogen and oxygen atoms in total. The molecule has 114 valence electrons. The Labute approximate surface area is 133 Å². The van der Waals surface area contributed by atoms with Crippen LogP contribution < -0.4 is 4.72 Å². The molecule has 0 unspecified atom stereocenters. The van der Waals surface area contributed by atoms with Gasteiger partial charge in [0.25, 0.3) is 10.0 Å². The summed E-state index contributed by atoms with van der Waals surface area (Å²) in [6.07, 6.45) is 1.65. The number of rotatable bonds is 3. The molecule has 0 saturated heterocycles. The quantitative estimate of drug-likeness (QED) is 0.767. The van der Waals surface area contributed by atoms with Gasteiger partial charge < -0.3 is 0 Å². The summed E-state index contributed by atoms with van der Waals surface area (Å²) in [5, 5.41) is 8.02. The van der Waals surface area contributed by atoms with E-state index in [1.807, 2.05) is 13.0 Å². The highest BCUT2D eigenvalue weighted by molar-refractivity contribution is 7.92. The first-order chi connectivity index (χ1) is 10.4. The Morgan fingerprint density at radius 3 is 2.68 bits per heavy atom. The second kappa shape index (κ2) is 5.30. The molecule has 0 saturated carbocycles. The van der Waals surface area contributed by atoms with Crippen molar-refractivity contribution < 1.29 is 8.42 Å². The molecule has 2 aromatic carbocycles. The molecule has 22 heavy (non-hydrogen) atoms. The summed E-state index contributed by atoms with van der Waals surface area (Å²) in [7, 11) is -3.71. The molecule has 0 radical (unpaired) electrons. The summed E-state index contributed by atoms with van der Waals surface area (Å²) in [5.41, 5.74) is 2.83. The maximum atomic E-state index is 12.6. The van der Waals surface area contributed by atoms with E-state index in [2.05, 4.69) is 14.9 Å². The van der Waals surface area contributed by atoms with Crippen LogP contribution in [0.2, 0.25) is 5.02 Å². The van der Waals surface area contributed by atoms with E-state index in [-0.39, 0.29) is 4.90 Å². The molecule has 0 aliphatic heterocycles. The highest BCUT2D eigenvalue weighted by Gasteiger charge is 2.18.